The van der Waals surface area contributed by atoms with Gasteiger partial charge in [0, 0.05) is 30.3 Å². The van der Waals surface area contributed by atoms with Crippen molar-refractivity contribution >= 4 is 11.6 Å². The number of hydrogen-bond acceptors (Lipinski definition) is 2. The predicted octanol–water partition coefficient (Wildman–Crippen LogP) is 3.56. The van der Waals surface area contributed by atoms with Gasteiger partial charge < -0.3 is 10.1 Å². The predicted molar refractivity (Wildman–Crippen MR) is 68.9 cm³/mol. The lowest BCUT2D eigenvalue weighted by Crippen LogP contribution is -2.22. The van der Waals surface area contributed by atoms with Gasteiger partial charge in [0.25, 0.3) is 0 Å². The lowest BCUT2D eigenvalue weighted by atomic mass is 10.0. The minimum Gasteiger partial charge on any atom is -0.385 e. The Labute approximate surface area is 107 Å². The zero-order valence-electron chi connectivity index (χ0n) is 10.3. The second-order valence-electron chi connectivity index (χ2n) is 3.88. The summed E-state index contributed by atoms with van der Waals surface area (Å²) in [7, 11) is 1.67. The Hall–Kier alpha value is -0.640. The second-order valence-corrected chi connectivity index (χ2v) is 4.29. The van der Waals surface area contributed by atoms with Gasteiger partial charge in [-0.3, -0.25) is 0 Å². The molecule has 1 unspecified atom stereocenters. The molecule has 0 aliphatic carbocycles. The monoisotopic (exact) mass is 259 g/mol. The van der Waals surface area contributed by atoms with Gasteiger partial charge in [0.2, 0.25) is 0 Å². The molecule has 0 spiro atoms. The zero-order chi connectivity index (χ0) is 12.7. The maximum absolute atomic E-state index is 13.8. The van der Waals surface area contributed by atoms with Crippen molar-refractivity contribution in [3.8, 4) is 0 Å². The highest BCUT2D eigenvalue weighted by molar-refractivity contribution is 6.31. The summed E-state index contributed by atoms with van der Waals surface area (Å²) in [4.78, 5) is 0. The minimum absolute atomic E-state index is 0.0520. The summed E-state index contributed by atoms with van der Waals surface area (Å²) in [5.41, 5.74) is 0.562. The lowest BCUT2D eigenvalue weighted by molar-refractivity contribution is 0.188. The van der Waals surface area contributed by atoms with E-state index in [4.69, 9.17) is 16.3 Å². The summed E-state index contributed by atoms with van der Waals surface area (Å²) in [6.07, 6.45) is 1.68. The van der Waals surface area contributed by atoms with E-state index in [-0.39, 0.29) is 11.9 Å². The Morgan fingerprint density at radius 2 is 2.24 bits per heavy atom. The number of rotatable bonds is 7. The van der Waals surface area contributed by atoms with Crippen molar-refractivity contribution in [1.82, 2.24) is 5.32 Å². The lowest BCUT2D eigenvalue weighted by Gasteiger charge is -2.20. The van der Waals surface area contributed by atoms with Gasteiger partial charge in [0.1, 0.15) is 5.82 Å². The molecule has 0 aromatic heterocycles. The summed E-state index contributed by atoms with van der Waals surface area (Å²) in [5, 5.41) is 3.74. The van der Waals surface area contributed by atoms with Crippen molar-refractivity contribution in [1.29, 1.82) is 0 Å². The molecule has 0 saturated heterocycles. The molecule has 0 aliphatic heterocycles. The Morgan fingerprint density at radius 3 is 2.82 bits per heavy atom. The fraction of sp³-hybridized carbons (Fsp3) is 0.538. The van der Waals surface area contributed by atoms with Gasteiger partial charge in [-0.2, -0.15) is 0 Å². The highest BCUT2D eigenvalue weighted by Crippen LogP contribution is 2.28. The number of ether oxygens (including phenoxy) is 1. The van der Waals surface area contributed by atoms with Crippen LogP contribution in [0.5, 0.6) is 0 Å². The molecule has 0 fully saturated rings. The van der Waals surface area contributed by atoms with E-state index >= 15 is 0 Å². The van der Waals surface area contributed by atoms with Gasteiger partial charge in [0.05, 0.1) is 0 Å². The van der Waals surface area contributed by atoms with Crippen LogP contribution in [0.1, 0.15) is 31.4 Å². The van der Waals surface area contributed by atoms with Crippen LogP contribution >= 0.6 is 11.6 Å². The molecular formula is C13H19ClFNO. The van der Waals surface area contributed by atoms with E-state index < -0.39 is 0 Å². The summed E-state index contributed by atoms with van der Waals surface area (Å²) >= 11 is 6.06. The van der Waals surface area contributed by atoms with E-state index in [1.807, 2.05) is 6.92 Å². The number of nitrogens with one attached hydrogen (secondary N) is 1. The molecule has 0 heterocycles. The molecule has 0 saturated carbocycles. The number of halogens is 2. The van der Waals surface area contributed by atoms with Crippen LogP contribution in [0.3, 0.4) is 0 Å². The third kappa shape index (κ3) is 4.26. The van der Waals surface area contributed by atoms with E-state index in [0.29, 0.717) is 17.2 Å². The topological polar surface area (TPSA) is 21.3 Å². The molecule has 0 bridgehead atoms. The van der Waals surface area contributed by atoms with Crippen molar-refractivity contribution in [2.75, 3.05) is 20.3 Å². The average Bonchev–Trinajstić information content (AvgIpc) is 2.29. The van der Waals surface area contributed by atoms with E-state index in [2.05, 4.69) is 5.32 Å². The van der Waals surface area contributed by atoms with Crippen molar-refractivity contribution in [3.05, 3.63) is 34.6 Å². The van der Waals surface area contributed by atoms with Crippen LogP contribution in [0.25, 0.3) is 0 Å². The molecule has 2 nitrogen and oxygen atoms in total. The molecular weight excluding hydrogens is 241 g/mol. The number of methoxy groups -OCH3 is 1. The van der Waals surface area contributed by atoms with Crippen molar-refractivity contribution in [2.24, 2.45) is 0 Å². The standard InChI is InChI=1S/C13H19ClFNO/c1-3-16-12(8-5-9-17-2)13-10(14)6-4-7-11(13)15/h4,6-7,12,16H,3,5,8-9H2,1-2H3. The first-order valence-corrected chi connectivity index (χ1v) is 6.24. The van der Waals surface area contributed by atoms with E-state index in [9.17, 15) is 4.39 Å². The quantitative estimate of drug-likeness (QED) is 0.756. The van der Waals surface area contributed by atoms with Crippen LogP contribution in [0, 0.1) is 5.82 Å². The van der Waals surface area contributed by atoms with Gasteiger partial charge >= 0.3 is 0 Å². The van der Waals surface area contributed by atoms with Crippen molar-refractivity contribution in [2.45, 2.75) is 25.8 Å². The summed E-state index contributed by atoms with van der Waals surface area (Å²) < 4.78 is 18.8. The van der Waals surface area contributed by atoms with Crippen LogP contribution in [0.4, 0.5) is 4.39 Å². The second kappa shape index (κ2) is 7.64. The molecule has 1 N–H and O–H groups in total. The number of benzene rings is 1. The van der Waals surface area contributed by atoms with Gasteiger partial charge in [-0.15, -0.1) is 0 Å². The van der Waals surface area contributed by atoms with Crippen molar-refractivity contribution in [3.63, 3.8) is 0 Å². The smallest absolute Gasteiger partial charge is 0.129 e. The first-order chi connectivity index (χ1) is 8.20. The molecule has 4 heteroatoms. The van der Waals surface area contributed by atoms with Gasteiger partial charge in [0.15, 0.2) is 0 Å². The highest BCUT2D eigenvalue weighted by atomic mass is 35.5. The highest BCUT2D eigenvalue weighted by Gasteiger charge is 2.17. The van der Waals surface area contributed by atoms with Crippen LogP contribution in [0.15, 0.2) is 18.2 Å². The van der Waals surface area contributed by atoms with E-state index in [1.165, 1.54) is 6.07 Å². The normalized spacial score (nSPS) is 12.7. The van der Waals surface area contributed by atoms with Crippen LogP contribution < -0.4 is 5.32 Å². The Bertz CT molecular complexity index is 326. The van der Waals surface area contributed by atoms with Crippen LogP contribution in [-0.2, 0) is 4.74 Å². The van der Waals surface area contributed by atoms with E-state index in [0.717, 1.165) is 19.4 Å². The average molecular weight is 260 g/mol. The summed E-state index contributed by atoms with van der Waals surface area (Å²) in [5.74, 6) is -0.249. The Kier molecular flexibility index (Phi) is 6.48. The largest absolute Gasteiger partial charge is 0.385 e. The van der Waals surface area contributed by atoms with E-state index in [1.54, 1.807) is 19.2 Å². The maximum Gasteiger partial charge on any atom is 0.129 e. The van der Waals surface area contributed by atoms with Gasteiger partial charge in [-0.1, -0.05) is 24.6 Å². The molecule has 1 rings (SSSR count). The number of hydrogen-bond donors (Lipinski definition) is 1. The third-order valence-corrected chi connectivity index (χ3v) is 2.97. The zero-order valence-corrected chi connectivity index (χ0v) is 11.1. The maximum atomic E-state index is 13.8. The minimum atomic E-state index is -0.249. The fourth-order valence-electron chi connectivity index (χ4n) is 1.87. The molecule has 1 aromatic rings. The van der Waals surface area contributed by atoms with Crippen LogP contribution in [0.2, 0.25) is 5.02 Å². The van der Waals surface area contributed by atoms with Gasteiger partial charge in [-0.25, -0.2) is 4.39 Å². The van der Waals surface area contributed by atoms with Gasteiger partial charge in [-0.05, 0) is 31.5 Å². The molecule has 0 aliphatic rings. The summed E-state index contributed by atoms with van der Waals surface area (Å²) in [6, 6.07) is 4.74. The molecule has 1 atom stereocenters. The Morgan fingerprint density at radius 1 is 1.47 bits per heavy atom. The van der Waals surface area contributed by atoms with Crippen LogP contribution in [-0.4, -0.2) is 20.3 Å². The SMILES string of the molecule is CCNC(CCCOC)c1c(F)cccc1Cl. The molecule has 17 heavy (non-hydrogen) atoms. The Balaban J connectivity index is 2.81. The summed E-state index contributed by atoms with van der Waals surface area (Å²) in [6.45, 7) is 3.45. The fourth-order valence-corrected chi connectivity index (χ4v) is 2.16. The molecule has 1 aromatic carbocycles. The third-order valence-electron chi connectivity index (χ3n) is 2.64. The first-order valence-electron chi connectivity index (χ1n) is 5.87. The first kappa shape index (κ1) is 14.4. The van der Waals surface area contributed by atoms with Crippen molar-refractivity contribution < 1.29 is 9.13 Å². The molecule has 96 valence electrons. The molecule has 0 amide bonds. The molecule has 0 radical (unpaired) electrons.